The van der Waals surface area contributed by atoms with E-state index in [1.54, 1.807) is 7.05 Å². The van der Waals surface area contributed by atoms with E-state index < -0.39 is 12.0 Å². The van der Waals surface area contributed by atoms with Crippen LogP contribution in [-0.4, -0.2) is 98.8 Å². The number of piperazine rings is 1. The van der Waals surface area contributed by atoms with Crippen LogP contribution < -0.4 is 5.32 Å². The Labute approximate surface area is 116 Å². The smallest absolute Gasteiger partial charge is 0.320 e. The lowest BCUT2D eigenvalue weighted by Gasteiger charge is -2.35. The largest absolute Gasteiger partial charge is 0.480 e. The Kier molecular flexibility index (Phi) is 7.30. The first-order chi connectivity index (χ1) is 9.02. The molecule has 0 radical (unpaired) electrons. The van der Waals surface area contributed by atoms with Gasteiger partial charge in [0.1, 0.15) is 6.04 Å². The van der Waals surface area contributed by atoms with Crippen LogP contribution in [0.4, 0.5) is 0 Å². The lowest BCUT2D eigenvalue weighted by molar-refractivity contribution is -0.139. The van der Waals surface area contributed by atoms with Crippen molar-refractivity contribution in [2.45, 2.75) is 12.5 Å². The van der Waals surface area contributed by atoms with Crippen LogP contribution in [0.1, 0.15) is 6.42 Å². The zero-order valence-electron chi connectivity index (χ0n) is 12.4. The molecule has 1 aliphatic heterocycles. The molecular formula is C13H28N4O2. The second-order valence-corrected chi connectivity index (χ2v) is 5.45. The van der Waals surface area contributed by atoms with E-state index in [4.69, 9.17) is 5.11 Å². The number of nitrogens with one attached hydrogen (secondary N) is 1. The van der Waals surface area contributed by atoms with E-state index >= 15 is 0 Å². The van der Waals surface area contributed by atoms with Crippen LogP contribution in [0.25, 0.3) is 0 Å². The van der Waals surface area contributed by atoms with Crippen molar-refractivity contribution >= 4 is 5.97 Å². The summed E-state index contributed by atoms with van der Waals surface area (Å²) in [5, 5.41) is 11.8. The third-order valence-corrected chi connectivity index (χ3v) is 3.71. The van der Waals surface area contributed by atoms with Crippen molar-refractivity contribution in [3.63, 3.8) is 0 Å². The molecule has 1 unspecified atom stereocenters. The van der Waals surface area contributed by atoms with E-state index in [0.717, 1.165) is 45.8 Å². The minimum Gasteiger partial charge on any atom is -0.480 e. The lowest BCUT2D eigenvalue weighted by Crippen LogP contribution is -2.49. The standard InChI is InChI=1S/C13H28N4O2/c1-14-12(13(18)19)4-5-16-8-10-17(11-9-16)7-6-15(2)3/h12,14H,4-11H2,1-3H3,(H,18,19). The zero-order valence-corrected chi connectivity index (χ0v) is 12.4. The van der Waals surface area contributed by atoms with Crippen molar-refractivity contribution in [2.75, 3.05) is 67.0 Å². The van der Waals surface area contributed by atoms with Crippen LogP contribution in [0.2, 0.25) is 0 Å². The van der Waals surface area contributed by atoms with E-state index in [0.29, 0.717) is 6.42 Å². The molecule has 0 amide bonds. The molecule has 2 N–H and O–H groups in total. The molecule has 1 atom stereocenters. The van der Waals surface area contributed by atoms with Gasteiger partial charge < -0.3 is 20.2 Å². The molecule has 19 heavy (non-hydrogen) atoms. The van der Waals surface area contributed by atoms with Crippen LogP contribution in [0.15, 0.2) is 0 Å². The van der Waals surface area contributed by atoms with Crippen LogP contribution in [0.3, 0.4) is 0 Å². The second-order valence-electron chi connectivity index (χ2n) is 5.45. The van der Waals surface area contributed by atoms with Crippen LogP contribution in [0.5, 0.6) is 0 Å². The third kappa shape index (κ3) is 6.33. The highest BCUT2D eigenvalue weighted by Crippen LogP contribution is 2.04. The number of aliphatic carboxylic acids is 1. The number of carbonyl (C=O) groups is 1. The first kappa shape index (κ1) is 16.4. The van der Waals surface area contributed by atoms with Crippen molar-refractivity contribution in [3.05, 3.63) is 0 Å². The summed E-state index contributed by atoms with van der Waals surface area (Å²) < 4.78 is 0. The van der Waals surface area contributed by atoms with Gasteiger partial charge in [-0.05, 0) is 27.6 Å². The topological polar surface area (TPSA) is 59.0 Å². The summed E-state index contributed by atoms with van der Waals surface area (Å²) in [6, 6.07) is -0.424. The Morgan fingerprint density at radius 2 is 1.74 bits per heavy atom. The van der Waals surface area contributed by atoms with Gasteiger partial charge in [-0.1, -0.05) is 0 Å². The van der Waals surface area contributed by atoms with Crippen molar-refractivity contribution in [1.82, 2.24) is 20.0 Å². The zero-order chi connectivity index (χ0) is 14.3. The minimum atomic E-state index is -0.757. The second kappa shape index (κ2) is 8.47. The summed E-state index contributed by atoms with van der Waals surface area (Å²) in [4.78, 5) is 18.0. The molecule has 0 spiro atoms. The van der Waals surface area contributed by atoms with Crippen molar-refractivity contribution in [2.24, 2.45) is 0 Å². The molecule has 0 saturated carbocycles. The van der Waals surface area contributed by atoms with Gasteiger partial charge in [0.15, 0.2) is 0 Å². The molecule has 1 aliphatic rings. The molecular weight excluding hydrogens is 244 g/mol. The summed E-state index contributed by atoms with van der Waals surface area (Å²) in [5.41, 5.74) is 0. The molecule has 0 aromatic carbocycles. The number of hydrogen-bond acceptors (Lipinski definition) is 5. The summed E-state index contributed by atoms with van der Waals surface area (Å²) in [7, 11) is 5.90. The van der Waals surface area contributed by atoms with Gasteiger partial charge >= 0.3 is 5.97 Å². The summed E-state index contributed by atoms with van der Waals surface area (Å²) in [6.45, 7) is 7.35. The molecule has 0 aliphatic carbocycles. The number of nitrogens with zero attached hydrogens (tertiary/aromatic N) is 3. The van der Waals surface area contributed by atoms with Gasteiger partial charge in [0.05, 0.1) is 0 Å². The molecule has 1 fully saturated rings. The SMILES string of the molecule is CNC(CCN1CCN(CCN(C)C)CC1)C(=O)O. The van der Waals surface area contributed by atoms with Crippen LogP contribution in [0, 0.1) is 0 Å². The summed E-state index contributed by atoms with van der Waals surface area (Å²) >= 11 is 0. The molecule has 0 aromatic heterocycles. The molecule has 1 saturated heterocycles. The number of likely N-dealkylation sites (N-methyl/N-ethyl adjacent to an activating group) is 2. The highest BCUT2D eigenvalue weighted by Gasteiger charge is 2.20. The maximum Gasteiger partial charge on any atom is 0.320 e. The van der Waals surface area contributed by atoms with E-state index in [2.05, 4.69) is 34.1 Å². The van der Waals surface area contributed by atoms with E-state index in [9.17, 15) is 4.79 Å². The molecule has 1 rings (SSSR count). The highest BCUT2D eigenvalue weighted by atomic mass is 16.4. The van der Waals surface area contributed by atoms with Gasteiger partial charge in [-0.25, -0.2) is 0 Å². The summed E-state index contributed by atoms with van der Waals surface area (Å²) in [6.07, 6.45) is 0.670. The predicted octanol–water partition coefficient (Wildman–Crippen LogP) is -0.772. The van der Waals surface area contributed by atoms with Crippen molar-refractivity contribution in [1.29, 1.82) is 0 Å². The Morgan fingerprint density at radius 1 is 1.21 bits per heavy atom. The molecule has 6 heteroatoms. The van der Waals surface area contributed by atoms with Crippen molar-refractivity contribution in [3.8, 4) is 0 Å². The lowest BCUT2D eigenvalue weighted by atomic mass is 10.2. The van der Waals surface area contributed by atoms with Crippen LogP contribution >= 0.6 is 0 Å². The Morgan fingerprint density at radius 3 is 2.16 bits per heavy atom. The quantitative estimate of drug-likeness (QED) is 0.605. The molecule has 6 nitrogen and oxygen atoms in total. The predicted molar refractivity (Wildman–Crippen MR) is 76.5 cm³/mol. The maximum atomic E-state index is 10.9. The average Bonchev–Trinajstić information content (AvgIpc) is 2.38. The molecule has 0 bridgehead atoms. The molecule has 112 valence electrons. The van der Waals surface area contributed by atoms with Gasteiger partial charge in [-0.3, -0.25) is 9.69 Å². The minimum absolute atomic E-state index is 0.424. The average molecular weight is 272 g/mol. The van der Waals surface area contributed by atoms with Crippen molar-refractivity contribution < 1.29 is 9.90 Å². The number of carboxylic acid groups (broad SMARTS) is 1. The van der Waals surface area contributed by atoms with Gasteiger partial charge in [-0.15, -0.1) is 0 Å². The number of carboxylic acids is 1. The fraction of sp³-hybridized carbons (Fsp3) is 0.923. The monoisotopic (exact) mass is 272 g/mol. The fourth-order valence-electron chi connectivity index (χ4n) is 2.28. The Hall–Kier alpha value is -0.690. The van der Waals surface area contributed by atoms with E-state index in [1.165, 1.54) is 0 Å². The Bertz CT molecular complexity index is 265. The third-order valence-electron chi connectivity index (χ3n) is 3.71. The number of hydrogen-bond donors (Lipinski definition) is 2. The van der Waals surface area contributed by atoms with Crippen LogP contribution in [-0.2, 0) is 4.79 Å². The fourth-order valence-corrected chi connectivity index (χ4v) is 2.28. The van der Waals surface area contributed by atoms with Gasteiger partial charge in [0.2, 0.25) is 0 Å². The first-order valence-corrected chi connectivity index (χ1v) is 7.02. The van der Waals surface area contributed by atoms with E-state index in [-0.39, 0.29) is 0 Å². The Balaban J connectivity index is 2.17. The molecule has 0 aromatic rings. The molecule has 1 heterocycles. The number of rotatable bonds is 8. The summed E-state index contributed by atoms with van der Waals surface area (Å²) in [5.74, 6) is -0.757. The first-order valence-electron chi connectivity index (χ1n) is 7.02. The van der Waals surface area contributed by atoms with Gasteiger partial charge in [-0.2, -0.15) is 0 Å². The maximum absolute atomic E-state index is 10.9. The normalized spacial score (nSPS) is 19.8. The van der Waals surface area contributed by atoms with Gasteiger partial charge in [0, 0.05) is 45.8 Å². The van der Waals surface area contributed by atoms with Gasteiger partial charge in [0.25, 0.3) is 0 Å². The highest BCUT2D eigenvalue weighted by molar-refractivity contribution is 5.73. The van der Waals surface area contributed by atoms with E-state index in [1.807, 2.05) is 0 Å².